The van der Waals surface area contributed by atoms with E-state index < -0.39 is 0 Å². The van der Waals surface area contributed by atoms with Crippen molar-refractivity contribution in [3.05, 3.63) is 0 Å². The number of halogens is 2. The number of nitrogens with zero attached hydrogens (tertiary/aromatic N) is 1. The van der Waals surface area contributed by atoms with E-state index >= 15 is 0 Å². The average Bonchev–Trinajstić information content (AvgIpc) is 2.39. The molecule has 5 nitrogen and oxygen atoms in total. The van der Waals surface area contributed by atoms with Crippen molar-refractivity contribution in [3.63, 3.8) is 0 Å². The van der Waals surface area contributed by atoms with Gasteiger partial charge >= 0.3 is 0 Å². The molecule has 0 saturated carbocycles. The molecule has 7 heteroatoms. The third-order valence-corrected chi connectivity index (χ3v) is 3.73. The predicted molar refractivity (Wildman–Crippen MR) is 91.6 cm³/mol. The predicted octanol–water partition coefficient (Wildman–Crippen LogP) is 1.16. The van der Waals surface area contributed by atoms with Gasteiger partial charge in [-0.1, -0.05) is 20.8 Å². The lowest BCUT2D eigenvalue weighted by Gasteiger charge is -2.37. The molecule has 0 aliphatic carbocycles. The largest absolute Gasteiger partial charge is 0.379 e. The van der Waals surface area contributed by atoms with E-state index in [1.54, 1.807) is 0 Å². The van der Waals surface area contributed by atoms with Crippen molar-refractivity contribution in [2.24, 2.45) is 11.8 Å². The molecule has 0 aromatic carbocycles. The molecular formula is C14H31Cl2N3O2. The fourth-order valence-electron chi connectivity index (χ4n) is 2.47. The molecule has 1 amide bonds. The molecule has 2 atom stereocenters. The third-order valence-electron chi connectivity index (χ3n) is 3.73. The summed E-state index contributed by atoms with van der Waals surface area (Å²) in [6.07, 6.45) is 0. The van der Waals surface area contributed by atoms with Gasteiger partial charge in [0.05, 0.1) is 13.2 Å². The Morgan fingerprint density at radius 3 is 2.19 bits per heavy atom. The summed E-state index contributed by atoms with van der Waals surface area (Å²) in [5.74, 6) is 0.675. The Kier molecular flexibility index (Phi) is 13.8. The first kappa shape index (κ1) is 23.2. The number of morpholine rings is 1. The summed E-state index contributed by atoms with van der Waals surface area (Å²) in [7, 11) is 1.87. The quantitative estimate of drug-likeness (QED) is 0.728. The smallest absolute Gasteiger partial charge is 0.224 e. The van der Waals surface area contributed by atoms with Crippen LogP contribution in [0.25, 0.3) is 0 Å². The highest BCUT2D eigenvalue weighted by molar-refractivity contribution is 5.85. The molecule has 21 heavy (non-hydrogen) atoms. The Morgan fingerprint density at radius 2 is 1.71 bits per heavy atom. The van der Waals surface area contributed by atoms with Crippen LogP contribution in [0.2, 0.25) is 0 Å². The Hall–Kier alpha value is -0.0700. The van der Waals surface area contributed by atoms with Crippen LogP contribution in [-0.4, -0.2) is 63.3 Å². The van der Waals surface area contributed by atoms with Crippen LogP contribution >= 0.6 is 24.8 Å². The standard InChI is InChI=1S/C14H29N3O2.2ClH/c1-11(2)13(17-5-7-19-8-6-17)10-16-14(18)12(3)9-15-4;;/h11-13,15H,5-10H2,1-4H3,(H,16,18);2*1H. The normalized spacial score (nSPS) is 18.3. The molecule has 0 spiro atoms. The molecule has 1 heterocycles. The molecule has 0 aromatic heterocycles. The van der Waals surface area contributed by atoms with Gasteiger partial charge in [-0.15, -0.1) is 24.8 Å². The Labute approximate surface area is 141 Å². The second-order valence-corrected chi connectivity index (χ2v) is 5.66. The van der Waals surface area contributed by atoms with Gasteiger partial charge in [0, 0.05) is 38.1 Å². The summed E-state index contributed by atoms with van der Waals surface area (Å²) in [6.45, 7) is 11.3. The van der Waals surface area contributed by atoms with E-state index in [0.717, 1.165) is 39.4 Å². The van der Waals surface area contributed by atoms with Crippen molar-refractivity contribution in [1.29, 1.82) is 0 Å². The van der Waals surface area contributed by atoms with E-state index in [4.69, 9.17) is 4.74 Å². The van der Waals surface area contributed by atoms with E-state index in [2.05, 4.69) is 29.4 Å². The summed E-state index contributed by atoms with van der Waals surface area (Å²) in [4.78, 5) is 14.4. The molecule has 0 aromatic rings. The zero-order valence-corrected chi connectivity index (χ0v) is 15.2. The van der Waals surface area contributed by atoms with Gasteiger partial charge in [0.2, 0.25) is 5.91 Å². The van der Waals surface area contributed by atoms with Crippen molar-refractivity contribution >= 4 is 30.7 Å². The third kappa shape index (κ3) is 8.21. The van der Waals surface area contributed by atoms with Crippen LogP contribution in [-0.2, 0) is 9.53 Å². The fraction of sp³-hybridized carbons (Fsp3) is 0.929. The maximum Gasteiger partial charge on any atom is 0.224 e. The second kappa shape index (κ2) is 12.5. The molecule has 1 aliphatic rings. The molecule has 128 valence electrons. The minimum Gasteiger partial charge on any atom is -0.379 e. The number of ether oxygens (including phenoxy) is 1. The number of nitrogens with one attached hydrogen (secondary N) is 2. The summed E-state index contributed by atoms with van der Waals surface area (Å²) in [5.41, 5.74) is 0. The molecule has 0 bridgehead atoms. The number of carbonyl (C=O) groups is 1. The van der Waals surface area contributed by atoms with Crippen LogP contribution < -0.4 is 10.6 Å². The van der Waals surface area contributed by atoms with Crippen molar-refractivity contribution in [1.82, 2.24) is 15.5 Å². The van der Waals surface area contributed by atoms with E-state index in [-0.39, 0.29) is 36.6 Å². The van der Waals surface area contributed by atoms with Crippen LogP contribution in [0.4, 0.5) is 0 Å². The molecule has 1 rings (SSSR count). The average molecular weight is 344 g/mol. The van der Waals surface area contributed by atoms with Crippen LogP contribution in [0.5, 0.6) is 0 Å². The molecule has 1 aliphatic heterocycles. The molecule has 2 N–H and O–H groups in total. The van der Waals surface area contributed by atoms with Crippen LogP contribution in [0.3, 0.4) is 0 Å². The lowest BCUT2D eigenvalue weighted by Crippen LogP contribution is -2.51. The first-order valence-corrected chi connectivity index (χ1v) is 7.30. The zero-order chi connectivity index (χ0) is 14.3. The van der Waals surface area contributed by atoms with E-state index in [1.807, 2.05) is 14.0 Å². The van der Waals surface area contributed by atoms with E-state index in [0.29, 0.717) is 12.0 Å². The number of hydrogen-bond donors (Lipinski definition) is 2. The van der Waals surface area contributed by atoms with Crippen molar-refractivity contribution in [2.45, 2.75) is 26.8 Å². The van der Waals surface area contributed by atoms with Crippen molar-refractivity contribution in [2.75, 3.05) is 46.4 Å². The number of rotatable bonds is 7. The summed E-state index contributed by atoms with van der Waals surface area (Å²) >= 11 is 0. The van der Waals surface area contributed by atoms with Crippen molar-refractivity contribution < 1.29 is 9.53 Å². The lowest BCUT2D eigenvalue weighted by atomic mass is 10.0. The summed E-state index contributed by atoms with van der Waals surface area (Å²) in [6, 6.07) is 0.398. The first-order valence-electron chi connectivity index (χ1n) is 7.30. The van der Waals surface area contributed by atoms with Gasteiger partial charge in [0.15, 0.2) is 0 Å². The topological polar surface area (TPSA) is 53.6 Å². The molecule has 1 fully saturated rings. The second-order valence-electron chi connectivity index (χ2n) is 5.66. The van der Waals surface area contributed by atoms with Crippen molar-refractivity contribution in [3.8, 4) is 0 Å². The zero-order valence-electron chi connectivity index (χ0n) is 13.6. The number of hydrogen-bond acceptors (Lipinski definition) is 4. The highest BCUT2D eigenvalue weighted by Gasteiger charge is 2.24. The maximum atomic E-state index is 11.9. The monoisotopic (exact) mass is 343 g/mol. The Bertz CT molecular complexity index is 275. The minimum absolute atomic E-state index is 0. The van der Waals surface area contributed by atoms with Gasteiger partial charge in [-0.05, 0) is 13.0 Å². The van der Waals surface area contributed by atoms with E-state index in [1.165, 1.54) is 0 Å². The number of carbonyl (C=O) groups excluding carboxylic acids is 1. The molecular weight excluding hydrogens is 313 g/mol. The molecule has 2 unspecified atom stereocenters. The highest BCUT2D eigenvalue weighted by atomic mass is 35.5. The van der Waals surface area contributed by atoms with Gasteiger partial charge in [-0.2, -0.15) is 0 Å². The summed E-state index contributed by atoms with van der Waals surface area (Å²) in [5, 5.41) is 6.12. The molecule has 1 saturated heterocycles. The maximum absolute atomic E-state index is 11.9. The minimum atomic E-state index is 0. The van der Waals surface area contributed by atoms with Gasteiger partial charge in [0.25, 0.3) is 0 Å². The van der Waals surface area contributed by atoms with Crippen LogP contribution in [0, 0.1) is 11.8 Å². The Balaban J connectivity index is 0. The van der Waals surface area contributed by atoms with Gasteiger partial charge in [0.1, 0.15) is 0 Å². The number of amides is 1. The lowest BCUT2D eigenvalue weighted by molar-refractivity contribution is -0.124. The Morgan fingerprint density at radius 1 is 1.14 bits per heavy atom. The van der Waals surface area contributed by atoms with Gasteiger partial charge in [-0.25, -0.2) is 0 Å². The summed E-state index contributed by atoms with van der Waals surface area (Å²) < 4.78 is 5.39. The van der Waals surface area contributed by atoms with Crippen LogP contribution in [0.15, 0.2) is 0 Å². The molecule has 0 radical (unpaired) electrons. The van der Waals surface area contributed by atoms with Gasteiger partial charge < -0.3 is 15.4 Å². The first-order chi connectivity index (χ1) is 9.06. The van der Waals surface area contributed by atoms with Gasteiger partial charge in [-0.3, -0.25) is 9.69 Å². The van der Waals surface area contributed by atoms with E-state index in [9.17, 15) is 4.79 Å². The fourth-order valence-corrected chi connectivity index (χ4v) is 2.47. The van der Waals surface area contributed by atoms with Crippen LogP contribution in [0.1, 0.15) is 20.8 Å². The highest BCUT2D eigenvalue weighted by Crippen LogP contribution is 2.12. The SMILES string of the molecule is CNCC(C)C(=O)NCC(C(C)C)N1CCOCC1.Cl.Cl.